The Balaban J connectivity index is 2.74. The maximum absolute atomic E-state index is 11.0. The number of rotatable bonds is 1. The lowest BCUT2D eigenvalue weighted by Gasteiger charge is -2.34. The Morgan fingerprint density at radius 2 is 2.08 bits per heavy atom. The van der Waals surface area contributed by atoms with E-state index in [-0.39, 0.29) is 12.1 Å². The summed E-state index contributed by atoms with van der Waals surface area (Å²) in [6, 6.07) is 0.135. The van der Waals surface area contributed by atoms with Crippen LogP contribution in [0.2, 0.25) is 0 Å². The van der Waals surface area contributed by atoms with Crippen LogP contribution in [0.4, 0.5) is 0 Å². The summed E-state index contributed by atoms with van der Waals surface area (Å²) in [7, 11) is -3.51. The van der Waals surface area contributed by atoms with Gasteiger partial charge in [0.15, 0.2) is 0 Å². The van der Waals surface area contributed by atoms with Crippen LogP contribution in [0.1, 0.15) is 13.8 Å². The smallest absolute Gasteiger partial charge is 0.277 e. The molecule has 3 N–H and O–H groups in total. The Morgan fingerprint density at radius 3 is 2.50 bits per heavy atom. The first-order valence-electron chi connectivity index (χ1n) is 3.94. The van der Waals surface area contributed by atoms with Gasteiger partial charge in [0.25, 0.3) is 10.2 Å². The van der Waals surface area contributed by atoms with Gasteiger partial charge in [-0.25, -0.2) is 5.14 Å². The molecule has 0 radical (unpaired) electrons. The molecule has 1 rings (SSSR count). The zero-order valence-corrected chi connectivity index (χ0v) is 8.13. The van der Waals surface area contributed by atoms with E-state index in [1.165, 1.54) is 4.31 Å². The molecule has 0 aromatic rings. The standard InChI is InChI=1S/C6H15N3O2S/c1-5-4-9(12(7,10)11)6(2)3-8-5/h5-6,8H,3-4H2,1-2H3,(H2,7,10,11)/t5-,6+/m1/s1. The molecule has 1 aliphatic heterocycles. The van der Waals surface area contributed by atoms with Crippen molar-refractivity contribution in [2.24, 2.45) is 5.14 Å². The van der Waals surface area contributed by atoms with Gasteiger partial charge in [-0.2, -0.15) is 12.7 Å². The van der Waals surface area contributed by atoms with Gasteiger partial charge in [-0.05, 0) is 13.8 Å². The molecule has 0 unspecified atom stereocenters. The normalized spacial score (nSPS) is 33.6. The second kappa shape index (κ2) is 3.29. The summed E-state index contributed by atoms with van der Waals surface area (Å²) < 4.78 is 23.4. The van der Waals surface area contributed by atoms with Crippen molar-refractivity contribution in [3.8, 4) is 0 Å². The molecule has 1 fully saturated rings. The van der Waals surface area contributed by atoms with E-state index in [1.54, 1.807) is 0 Å². The van der Waals surface area contributed by atoms with Gasteiger partial charge in [0.05, 0.1) is 0 Å². The first-order valence-corrected chi connectivity index (χ1v) is 5.44. The average Bonchev–Trinajstić information content (AvgIpc) is 1.92. The Kier molecular flexibility index (Phi) is 2.72. The topological polar surface area (TPSA) is 75.4 Å². The van der Waals surface area contributed by atoms with Crippen molar-refractivity contribution >= 4 is 10.2 Å². The van der Waals surface area contributed by atoms with E-state index >= 15 is 0 Å². The second-order valence-corrected chi connectivity index (χ2v) is 4.77. The van der Waals surface area contributed by atoms with Crippen LogP contribution in [0, 0.1) is 0 Å². The Bertz CT molecular complexity index is 252. The summed E-state index contributed by atoms with van der Waals surface area (Å²) in [5.41, 5.74) is 0. The van der Waals surface area contributed by atoms with E-state index in [9.17, 15) is 8.42 Å². The minimum atomic E-state index is -3.51. The predicted octanol–water partition coefficient (Wildman–Crippen LogP) is -1.13. The van der Waals surface area contributed by atoms with Crippen molar-refractivity contribution in [2.75, 3.05) is 13.1 Å². The van der Waals surface area contributed by atoms with Gasteiger partial charge in [-0.3, -0.25) is 0 Å². The van der Waals surface area contributed by atoms with Crippen molar-refractivity contribution < 1.29 is 8.42 Å². The summed E-state index contributed by atoms with van der Waals surface area (Å²) in [6.45, 7) is 4.89. The van der Waals surface area contributed by atoms with Gasteiger partial charge in [0, 0.05) is 25.2 Å². The molecule has 1 saturated heterocycles. The van der Waals surface area contributed by atoms with Gasteiger partial charge < -0.3 is 5.32 Å². The minimum Gasteiger partial charge on any atom is -0.311 e. The van der Waals surface area contributed by atoms with Crippen LogP contribution in [0.25, 0.3) is 0 Å². The lowest BCUT2D eigenvalue weighted by Crippen LogP contribution is -2.57. The fourth-order valence-corrected chi connectivity index (χ4v) is 2.35. The number of hydrogen-bond acceptors (Lipinski definition) is 3. The Morgan fingerprint density at radius 1 is 1.50 bits per heavy atom. The molecule has 2 atom stereocenters. The summed E-state index contributed by atoms with van der Waals surface area (Å²) in [5, 5.41) is 8.21. The SMILES string of the molecule is C[C@@H]1CN(S(N)(=O)=O)[C@@H](C)CN1. The lowest BCUT2D eigenvalue weighted by molar-refractivity contribution is 0.245. The highest BCUT2D eigenvalue weighted by Crippen LogP contribution is 2.08. The van der Waals surface area contributed by atoms with Crippen LogP contribution in [-0.2, 0) is 10.2 Å². The molecular formula is C6H15N3O2S. The van der Waals surface area contributed by atoms with Crippen LogP contribution < -0.4 is 10.5 Å². The fourth-order valence-electron chi connectivity index (χ4n) is 1.34. The van der Waals surface area contributed by atoms with Gasteiger partial charge in [0.1, 0.15) is 0 Å². The molecule has 0 aromatic heterocycles. The molecule has 0 amide bonds. The zero-order chi connectivity index (χ0) is 9.35. The summed E-state index contributed by atoms with van der Waals surface area (Å²) in [5.74, 6) is 0. The zero-order valence-electron chi connectivity index (χ0n) is 7.32. The predicted molar refractivity (Wildman–Crippen MR) is 46.7 cm³/mol. The highest BCUT2D eigenvalue weighted by atomic mass is 32.2. The maximum atomic E-state index is 11.0. The molecule has 6 heteroatoms. The van der Waals surface area contributed by atoms with E-state index in [2.05, 4.69) is 5.32 Å². The molecule has 0 spiro atoms. The highest BCUT2D eigenvalue weighted by molar-refractivity contribution is 7.86. The van der Waals surface area contributed by atoms with Crippen molar-refractivity contribution in [1.82, 2.24) is 9.62 Å². The summed E-state index contributed by atoms with van der Waals surface area (Å²) in [4.78, 5) is 0. The highest BCUT2D eigenvalue weighted by Gasteiger charge is 2.29. The van der Waals surface area contributed by atoms with Gasteiger partial charge in [-0.15, -0.1) is 0 Å². The van der Waals surface area contributed by atoms with E-state index in [0.29, 0.717) is 13.1 Å². The van der Waals surface area contributed by atoms with E-state index in [1.807, 2.05) is 13.8 Å². The largest absolute Gasteiger partial charge is 0.311 e. The van der Waals surface area contributed by atoms with Gasteiger partial charge in [-0.1, -0.05) is 0 Å². The third-order valence-electron chi connectivity index (χ3n) is 2.03. The van der Waals surface area contributed by atoms with Crippen molar-refractivity contribution in [3.05, 3.63) is 0 Å². The van der Waals surface area contributed by atoms with E-state index in [4.69, 9.17) is 5.14 Å². The van der Waals surface area contributed by atoms with Crippen molar-refractivity contribution in [1.29, 1.82) is 0 Å². The van der Waals surface area contributed by atoms with Crippen molar-refractivity contribution in [2.45, 2.75) is 25.9 Å². The Labute approximate surface area is 73.1 Å². The summed E-state index contributed by atoms with van der Waals surface area (Å²) >= 11 is 0. The molecule has 1 heterocycles. The van der Waals surface area contributed by atoms with Crippen LogP contribution >= 0.6 is 0 Å². The lowest BCUT2D eigenvalue weighted by atomic mass is 10.2. The third kappa shape index (κ3) is 2.16. The number of nitrogens with one attached hydrogen (secondary N) is 1. The quantitative estimate of drug-likeness (QED) is 0.553. The number of hydrogen-bond donors (Lipinski definition) is 2. The molecule has 0 saturated carbocycles. The van der Waals surface area contributed by atoms with Crippen LogP contribution in [0.3, 0.4) is 0 Å². The number of piperazine rings is 1. The van der Waals surface area contributed by atoms with Gasteiger partial charge >= 0.3 is 0 Å². The fraction of sp³-hybridized carbons (Fsp3) is 1.00. The third-order valence-corrected chi connectivity index (χ3v) is 3.20. The monoisotopic (exact) mass is 193 g/mol. The number of nitrogens with two attached hydrogens (primary N) is 1. The Hall–Kier alpha value is -0.170. The van der Waals surface area contributed by atoms with Crippen molar-refractivity contribution in [3.63, 3.8) is 0 Å². The average molecular weight is 193 g/mol. The molecule has 5 nitrogen and oxygen atoms in total. The van der Waals surface area contributed by atoms with E-state index in [0.717, 1.165) is 0 Å². The van der Waals surface area contributed by atoms with Crippen LogP contribution in [0.5, 0.6) is 0 Å². The molecular weight excluding hydrogens is 178 g/mol. The summed E-state index contributed by atoms with van der Waals surface area (Å²) in [6.07, 6.45) is 0. The second-order valence-electron chi connectivity index (χ2n) is 3.27. The van der Waals surface area contributed by atoms with E-state index < -0.39 is 10.2 Å². The molecule has 72 valence electrons. The molecule has 12 heavy (non-hydrogen) atoms. The first-order chi connectivity index (χ1) is 5.41. The van der Waals surface area contributed by atoms with Gasteiger partial charge in [0.2, 0.25) is 0 Å². The molecule has 1 aliphatic rings. The van der Waals surface area contributed by atoms with Crippen LogP contribution in [-0.4, -0.2) is 37.9 Å². The van der Waals surface area contributed by atoms with Crippen LogP contribution in [0.15, 0.2) is 0 Å². The maximum Gasteiger partial charge on any atom is 0.277 e. The first kappa shape index (κ1) is 9.91. The molecule has 0 bridgehead atoms. The molecule has 0 aromatic carbocycles. The molecule has 0 aliphatic carbocycles. The number of nitrogens with zero attached hydrogens (tertiary/aromatic N) is 1. The minimum absolute atomic E-state index is 0.0452.